The first kappa shape index (κ1) is 16.6. The number of carbonyl (C=O) groups excluding carboxylic acids is 2. The molecule has 0 aliphatic carbocycles. The summed E-state index contributed by atoms with van der Waals surface area (Å²) < 4.78 is 2.08. The minimum atomic E-state index is -0.196. The number of hydrogen-bond donors (Lipinski definition) is 0. The Labute approximate surface area is 146 Å². The third kappa shape index (κ3) is 2.91. The van der Waals surface area contributed by atoms with Gasteiger partial charge in [-0.15, -0.1) is 0 Å². The van der Waals surface area contributed by atoms with Crippen molar-refractivity contribution in [3.63, 3.8) is 0 Å². The van der Waals surface area contributed by atoms with Crippen molar-refractivity contribution in [1.29, 1.82) is 0 Å². The Morgan fingerprint density at radius 2 is 1.83 bits per heavy atom. The van der Waals surface area contributed by atoms with Crippen LogP contribution in [0.3, 0.4) is 0 Å². The van der Waals surface area contributed by atoms with Gasteiger partial charge in [0.15, 0.2) is 0 Å². The molecule has 1 aliphatic heterocycles. The first-order valence-electron chi connectivity index (χ1n) is 8.03. The number of hydrogen-bond acceptors (Lipinski definition) is 3. The molecule has 1 aliphatic rings. The summed E-state index contributed by atoms with van der Waals surface area (Å²) in [5.41, 5.74) is 3.01. The highest BCUT2D eigenvalue weighted by Crippen LogP contribution is 2.34. The van der Waals surface area contributed by atoms with Gasteiger partial charge in [0, 0.05) is 23.1 Å². The van der Waals surface area contributed by atoms with Gasteiger partial charge in [0.05, 0.1) is 4.91 Å². The largest absolute Gasteiger partial charge is 0.314 e. The number of para-hydroxylation sites is 1. The Kier molecular flexibility index (Phi) is 4.62. The van der Waals surface area contributed by atoms with E-state index in [0.29, 0.717) is 4.91 Å². The summed E-state index contributed by atoms with van der Waals surface area (Å²) in [4.78, 5) is 26.6. The van der Waals surface area contributed by atoms with Crippen LogP contribution >= 0.6 is 11.8 Å². The van der Waals surface area contributed by atoms with Crippen LogP contribution in [0.1, 0.15) is 31.7 Å². The average Bonchev–Trinajstić information content (AvgIpc) is 3.08. The van der Waals surface area contributed by atoms with Crippen LogP contribution in [0.4, 0.5) is 4.79 Å². The first-order chi connectivity index (χ1) is 11.5. The van der Waals surface area contributed by atoms with Crippen LogP contribution in [0.5, 0.6) is 0 Å². The number of imide groups is 1. The van der Waals surface area contributed by atoms with E-state index in [-0.39, 0.29) is 17.2 Å². The predicted octanol–water partition coefficient (Wildman–Crippen LogP) is 4.62. The van der Waals surface area contributed by atoms with Gasteiger partial charge in [-0.1, -0.05) is 25.1 Å². The van der Waals surface area contributed by atoms with Crippen molar-refractivity contribution >= 4 is 29.0 Å². The molecule has 1 atom stereocenters. The van der Waals surface area contributed by atoms with Crippen molar-refractivity contribution in [3.05, 3.63) is 58.8 Å². The minimum absolute atomic E-state index is 0.0777. The quantitative estimate of drug-likeness (QED) is 0.763. The molecule has 1 aromatic heterocycles. The number of nitrogens with zero attached hydrogens (tertiary/aromatic N) is 2. The van der Waals surface area contributed by atoms with Crippen molar-refractivity contribution in [2.75, 3.05) is 0 Å². The van der Waals surface area contributed by atoms with E-state index in [2.05, 4.69) is 4.57 Å². The fourth-order valence-electron chi connectivity index (χ4n) is 2.78. The van der Waals surface area contributed by atoms with Gasteiger partial charge in [-0.25, -0.2) is 0 Å². The fraction of sp³-hybridized carbons (Fsp3) is 0.263. The van der Waals surface area contributed by atoms with Crippen molar-refractivity contribution in [1.82, 2.24) is 9.47 Å². The summed E-state index contributed by atoms with van der Waals surface area (Å²) in [7, 11) is 0. The maximum atomic E-state index is 12.6. The molecule has 1 aromatic carbocycles. The lowest BCUT2D eigenvalue weighted by molar-refractivity contribution is -0.124. The normalized spacial score (nSPS) is 17.8. The molecule has 5 heteroatoms. The molecule has 2 aromatic rings. The predicted molar refractivity (Wildman–Crippen MR) is 98.1 cm³/mol. The number of rotatable bonds is 4. The Hall–Kier alpha value is -2.27. The molecule has 1 fully saturated rings. The first-order valence-corrected chi connectivity index (χ1v) is 8.85. The van der Waals surface area contributed by atoms with Gasteiger partial charge >= 0.3 is 0 Å². The Bertz CT molecular complexity index is 808. The van der Waals surface area contributed by atoms with Crippen molar-refractivity contribution in [3.8, 4) is 5.69 Å². The zero-order valence-corrected chi connectivity index (χ0v) is 14.8. The zero-order chi connectivity index (χ0) is 17.3. The molecule has 124 valence electrons. The van der Waals surface area contributed by atoms with E-state index in [0.717, 1.165) is 35.3 Å². The van der Waals surface area contributed by atoms with Crippen LogP contribution in [0.2, 0.25) is 0 Å². The van der Waals surface area contributed by atoms with E-state index in [9.17, 15) is 9.59 Å². The lowest BCUT2D eigenvalue weighted by Crippen LogP contribution is -2.36. The number of carbonyl (C=O) groups is 2. The topological polar surface area (TPSA) is 42.3 Å². The monoisotopic (exact) mass is 340 g/mol. The maximum absolute atomic E-state index is 12.6. The van der Waals surface area contributed by atoms with Crippen molar-refractivity contribution in [2.24, 2.45) is 0 Å². The molecular weight excluding hydrogens is 320 g/mol. The molecule has 1 unspecified atom stereocenters. The van der Waals surface area contributed by atoms with Crippen LogP contribution in [0.15, 0.2) is 47.4 Å². The third-order valence-electron chi connectivity index (χ3n) is 4.25. The van der Waals surface area contributed by atoms with Crippen LogP contribution < -0.4 is 0 Å². The van der Waals surface area contributed by atoms with Crippen LogP contribution in [-0.4, -0.2) is 26.7 Å². The second kappa shape index (κ2) is 6.69. The summed E-state index contributed by atoms with van der Waals surface area (Å²) >= 11 is 1.02. The molecule has 0 bridgehead atoms. The number of aromatic nitrogens is 1. The van der Waals surface area contributed by atoms with E-state index >= 15 is 0 Å². The van der Waals surface area contributed by atoms with Gasteiger partial charge in [-0.05, 0) is 62.4 Å². The molecule has 4 nitrogen and oxygen atoms in total. The van der Waals surface area contributed by atoms with Gasteiger partial charge in [-0.2, -0.15) is 0 Å². The SMILES string of the molecule is CCC(C)N1C(=O)S/C(=C/c2ccc(C)n2-c2ccccc2)C1=O. The summed E-state index contributed by atoms with van der Waals surface area (Å²) in [6, 6.07) is 13.9. The average molecular weight is 340 g/mol. The van der Waals surface area contributed by atoms with Crippen LogP contribution in [0, 0.1) is 6.92 Å². The van der Waals surface area contributed by atoms with Gasteiger partial charge < -0.3 is 4.57 Å². The van der Waals surface area contributed by atoms with Gasteiger partial charge in [0.1, 0.15) is 0 Å². The lowest BCUT2D eigenvalue weighted by Gasteiger charge is -2.19. The van der Waals surface area contributed by atoms with E-state index in [1.165, 1.54) is 4.90 Å². The van der Waals surface area contributed by atoms with E-state index in [1.54, 1.807) is 0 Å². The Morgan fingerprint density at radius 3 is 2.50 bits per heavy atom. The van der Waals surface area contributed by atoms with Crippen molar-refractivity contribution in [2.45, 2.75) is 33.2 Å². The Balaban J connectivity index is 1.99. The van der Waals surface area contributed by atoms with Crippen LogP contribution in [-0.2, 0) is 4.79 Å². The highest BCUT2D eigenvalue weighted by Gasteiger charge is 2.37. The summed E-state index contributed by atoms with van der Waals surface area (Å²) in [6.45, 7) is 5.90. The van der Waals surface area contributed by atoms with E-state index < -0.39 is 0 Å². The molecule has 3 rings (SSSR count). The van der Waals surface area contributed by atoms with E-state index in [4.69, 9.17) is 0 Å². The molecule has 0 saturated carbocycles. The summed E-state index contributed by atoms with van der Waals surface area (Å²) in [6.07, 6.45) is 2.57. The molecule has 0 spiro atoms. The molecule has 2 amide bonds. The number of thioether (sulfide) groups is 1. The van der Waals surface area contributed by atoms with Crippen LogP contribution in [0.25, 0.3) is 11.8 Å². The smallest absolute Gasteiger partial charge is 0.293 e. The lowest BCUT2D eigenvalue weighted by atomic mass is 10.2. The standard InChI is InChI=1S/C19H20N2O2S/c1-4-13(2)21-18(22)17(24-19(21)23)12-16-11-10-14(3)20(16)15-8-6-5-7-9-15/h5-13H,4H2,1-3H3/b17-12+. The fourth-order valence-corrected chi connectivity index (χ4v) is 3.69. The van der Waals surface area contributed by atoms with Crippen molar-refractivity contribution < 1.29 is 9.59 Å². The zero-order valence-electron chi connectivity index (χ0n) is 14.0. The number of amides is 2. The number of benzene rings is 1. The minimum Gasteiger partial charge on any atom is -0.314 e. The van der Waals surface area contributed by atoms with Gasteiger partial charge in [-0.3, -0.25) is 14.5 Å². The molecule has 0 N–H and O–H groups in total. The number of aryl methyl sites for hydroxylation is 1. The molecular formula is C19H20N2O2S. The van der Waals surface area contributed by atoms with Gasteiger partial charge in [0.25, 0.3) is 11.1 Å². The third-order valence-corrected chi connectivity index (χ3v) is 5.14. The second-order valence-corrected chi connectivity index (χ2v) is 6.87. The second-order valence-electron chi connectivity index (χ2n) is 5.88. The maximum Gasteiger partial charge on any atom is 0.293 e. The Morgan fingerprint density at radius 1 is 1.12 bits per heavy atom. The molecule has 2 heterocycles. The summed E-state index contributed by atoms with van der Waals surface area (Å²) in [5, 5.41) is -0.185. The van der Waals surface area contributed by atoms with E-state index in [1.807, 2.05) is 69.3 Å². The molecule has 24 heavy (non-hydrogen) atoms. The van der Waals surface area contributed by atoms with Gasteiger partial charge in [0.2, 0.25) is 0 Å². The molecule has 0 radical (unpaired) electrons. The summed E-state index contributed by atoms with van der Waals surface area (Å²) in [5.74, 6) is -0.196. The highest BCUT2D eigenvalue weighted by atomic mass is 32.2. The highest BCUT2D eigenvalue weighted by molar-refractivity contribution is 8.18. The molecule has 1 saturated heterocycles.